The van der Waals surface area contributed by atoms with E-state index in [1.165, 1.54) is 29.2 Å². The number of benzene rings is 3. The van der Waals surface area contributed by atoms with Crippen LogP contribution in [0, 0.1) is 5.82 Å². The normalized spacial score (nSPS) is 14.8. The lowest BCUT2D eigenvalue weighted by atomic mass is 9.99. The molecule has 0 radical (unpaired) electrons. The van der Waals surface area contributed by atoms with Crippen molar-refractivity contribution in [2.75, 3.05) is 31.0 Å². The number of halogens is 7. The number of alkyl halides is 6. The molecule has 0 atom stereocenters. The number of carbonyl (C=O) groups excluding carboxylic acids is 1. The summed E-state index contributed by atoms with van der Waals surface area (Å²) in [5.41, 5.74) is -4.88. The van der Waals surface area contributed by atoms with Crippen LogP contribution >= 0.6 is 11.8 Å². The lowest BCUT2D eigenvalue weighted by Gasteiger charge is -2.25. The highest BCUT2D eigenvalue weighted by molar-refractivity contribution is 7.99. The Hall–Kier alpha value is -3.56. The number of amides is 1. The van der Waals surface area contributed by atoms with E-state index >= 15 is 0 Å². The van der Waals surface area contributed by atoms with Crippen LogP contribution in [0.5, 0.6) is 0 Å². The van der Waals surface area contributed by atoms with E-state index in [1.807, 2.05) is 0 Å². The molecule has 1 amide bonds. The first-order valence-electron chi connectivity index (χ1n) is 12.1. The molecule has 42 heavy (non-hydrogen) atoms. The summed E-state index contributed by atoms with van der Waals surface area (Å²) in [5, 5.41) is 0. The molecule has 1 N–H and O–H groups in total. The molecule has 1 fully saturated rings. The molecule has 15 heteroatoms. The number of carbonyl (C=O) groups is 1. The van der Waals surface area contributed by atoms with E-state index in [1.54, 1.807) is 0 Å². The molecule has 1 saturated heterocycles. The van der Waals surface area contributed by atoms with Crippen molar-refractivity contribution in [2.45, 2.75) is 27.0 Å². The van der Waals surface area contributed by atoms with Gasteiger partial charge in [-0.25, -0.2) is 12.8 Å². The van der Waals surface area contributed by atoms with E-state index in [0.717, 1.165) is 42.5 Å². The third kappa shape index (κ3) is 7.63. The van der Waals surface area contributed by atoms with Crippen molar-refractivity contribution in [2.24, 2.45) is 0 Å². The number of rotatable bonds is 7. The number of nitrogens with one attached hydrogen (secondary N) is 1. The Bertz CT molecular complexity index is 1600. The zero-order valence-corrected chi connectivity index (χ0v) is 22.9. The van der Waals surface area contributed by atoms with Gasteiger partial charge < -0.3 is 9.64 Å². The second kappa shape index (κ2) is 12.4. The van der Waals surface area contributed by atoms with Crippen LogP contribution < -0.4 is 4.72 Å². The Balaban J connectivity index is 1.69. The lowest BCUT2D eigenvalue weighted by molar-refractivity contribution is -0.163. The van der Waals surface area contributed by atoms with Crippen molar-refractivity contribution >= 4 is 39.5 Å². The molecule has 0 spiro atoms. The minimum atomic E-state index is -5.44. The van der Waals surface area contributed by atoms with Gasteiger partial charge in [0.2, 0.25) is 5.91 Å². The van der Waals surface area contributed by atoms with Crippen LogP contribution in [0.2, 0.25) is 0 Å². The summed E-state index contributed by atoms with van der Waals surface area (Å²) in [7, 11) is -4.28. The second-order valence-corrected chi connectivity index (χ2v) is 11.7. The minimum absolute atomic E-state index is 0.0149. The molecular weight excluding hydrogens is 613 g/mol. The van der Waals surface area contributed by atoms with Crippen molar-refractivity contribution in [1.82, 2.24) is 4.90 Å². The Morgan fingerprint density at radius 3 is 2.21 bits per heavy atom. The largest absolute Gasteiger partial charge is 0.418 e. The predicted octanol–water partition coefficient (Wildman–Crippen LogP) is 6.69. The SMILES string of the molecule is O=C(C=Cc1ccc(Sc2cccc(NS(=O)(=O)c3cccc(F)c3)c2)c(C(F)(F)F)c1C(F)(F)F)N1CCOCC1. The van der Waals surface area contributed by atoms with E-state index in [9.17, 15) is 43.9 Å². The average Bonchev–Trinajstić information content (AvgIpc) is 2.91. The first kappa shape index (κ1) is 31.4. The highest BCUT2D eigenvalue weighted by atomic mass is 32.2. The van der Waals surface area contributed by atoms with Crippen molar-refractivity contribution in [1.29, 1.82) is 0 Å². The zero-order chi connectivity index (χ0) is 30.7. The van der Waals surface area contributed by atoms with Crippen LogP contribution in [0.1, 0.15) is 16.7 Å². The lowest BCUT2D eigenvalue weighted by Crippen LogP contribution is -2.39. The van der Waals surface area contributed by atoms with Crippen LogP contribution in [0.3, 0.4) is 0 Å². The van der Waals surface area contributed by atoms with Crippen LogP contribution in [0.4, 0.5) is 36.4 Å². The maximum absolute atomic E-state index is 14.2. The molecule has 1 aliphatic heterocycles. The number of nitrogens with zero attached hydrogens (tertiary/aromatic N) is 1. The van der Waals surface area contributed by atoms with Gasteiger partial charge in [0, 0.05) is 34.6 Å². The third-order valence-corrected chi connectivity index (χ3v) is 8.34. The van der Waals surface area contributed by atoms with Gasteiger partial charge in [-0.05, 0) is 54.1 Å². The number of sulfonamides is 1. The standard InChI is InChI=1S/C27H21F7N2O4S2/c28-18-3-1-6-21(15-18)42(38,39)35-19-4-2-5-20(16-19)41-22-9-7-17(8-10-23(37)36-11-13-40-14-12-36)24(26(29,30)31)25(22)27(32,33)34/h1-10,15-16,35H,11-14H2. The molecule has 0 saturated carbocycles. The first-order valence-corrected chi connectivity index (χ1v) is 14.4. The van der Waals surface area contributed by atoms with E-state index < -0.39 is 60.6 Å². The summed E-state index contributed by atoms with van der Waals surface area (Å²) in [6.07, 6.45) is -9.39. The van der Waals surface area contributed by atoms with Gasteiger partial charge in [0.15, 0.2) is 0 Å². The van der Waals surface area contributed by atoms with Crippen molar-refractivity contribution in [3.05, 3.63) is 89.2 Å². The number of ether oxygens (including phenoxy) is 1. The first-order chi connectivity index (χ1) is 19.6. The minimum Gasteiger partial charge on any atom is -0.378 e. The van der Waals surface area contributed by atoms with Crippen LogP contribution in [0.15, 0.2) is 81.4 Å². The molecule has 1 heterocycles. The van der Waals surface area contributed by atoms with Gasteiger partial charge in [0.05, 0.1) is 29.2 Å². The van der Waals surface area contributed by atoms with E-state index in [2.05, 4.69) is 4.72 Å². The fourth-order valence-electron chi connectivity index (χ4n) is 4.06. The van der Waals surface area contributed by atoms with Gasteiger partial charge in [0.25, 0.3) is 10.0 Å². The predicted molar refractivity (Wildman–Crippen MR) is 141 cm³/mol. The highest BCUT2D eigenvalue weighted by Gasteiger charge is 2.46. The Morgan fingerprint density at radius 2 is 1.57 bits per heavy atom. The summed E-state index contributed by atoms with van der Waals surface area (Å²) >= 11 is 0.338. The number of anilines is 1. The molecule has 1 aliphatic rings. The topological polar surface area (TPSA) is 75.7 Å². The molecule has 0 bridgehead atoms. The van der Waals surface area contributed by atoms with Crippen LogP contribution in [0.25, 0.3) is 6.08 Å². The molecule has 4 rings (SSSR count). The molecule has 3 aromatic rings. The zero-order valence-electron chi connectivity index (χ0n) is 21.3. The molecular formula is C27H21F7N2O4S2. The number of morpholine rings is 1. The van der Waals surface area contributed by atoms with Crippen molar-refractivity contribution < 1.29 is 48.7 Å². The fraction of sp³-hybridized carbons (Fsp3) is 0.222. The van der Waals surface area contributed by atoms with Gasteiger partial charge in [-0.3, -0.25) is 9.52 Å². The van der Waals surface area contributed by atoms with Gasteiger partial charge in [-0.2, -0.15) is 26.3 Å². The quantitative estimate of drug-likeness (QED) is 0.232. The maximum Gasteiger partial charge on any atom is 0.418 e. The highest BCUT2D eigenvalue weighted by Crippen LogP contribution is 2.48. The van der Waals surface area contributed by atoms with Crippen LogP contribution in [-0.4, -0.2) is 45.5 Å². The molecule has 0 unspecified atom stereocenters. The molecule has 3 aromatic carbocycles. The summed E-state index contributed by atoms with van der Waals surface area (Å²) in [5.74, 6) is -1.48. The average molecular weight is 635 g/mol. The Morgan fingerprint density at radius 1 is 0.905 bits per heavy atom. The fourth-order valence-corrected chi connectivity index (χ4v) is 6.18. The van der Waals surface area contributed by atoms with Crippen molar-refractivity contribution in [3.8, 4) is 0 Å². The van der Waals surface area contributed by atoms with E-state index in [-0.39, 0.29) is 36.9 Å². The van der Waals surface area contributed by atoms with Crippen molar-refractivity contribution in [3.63, 3.8) is 0 Å². The van der Waals surface area contributed by atoms with Crippen LogP contribution in [-0.2, 0) is 31.9 Å². The van der Waals surface area contributed by atoms with Gasteiger partial charge in [-0.1, -0.05) is 30.0 Å². The monoisotopic (exact) mass is 634 g/mol. The summed E-state index contributed by atoms with van der Waals surface area (Å²) in [6, 6.07) is 10.8. The summed E-state index contributed by atoms with van der Waals surface area (Å²) in [4.78, 5) is 12.5. The maximum atomic E-state index is 14.2. The smallest absolute Gasteiger partial charge is 0.378 e. The molecule has 0 aliphatic carbocycles. The molecule has 0 aromatic heterocycles. The number of hydrogen-bond acceptors (Lipinski definition) is 5. The van der Waals surface area contributed by atoms with Gasteiger partial charge in [-0.15, -0.1) is 0 Å². The van der Waals surface area contributed by atoms with Gasteiger partial charge >= 0.3 is 12.4 Å². The Labute approximate surface area is 240 Å². The van der Waals surface area contributed by atoms with Gasteiger partial charge in [0.1, 0.15) is 5.82 Å². The Kier molecular flexibility index (Phi) is 9.23. The summed E-state index contributed by atoms with van der Waals surface area (Å²) < 4.78 is 131. The number of hydrogen-bond donors (Lipinski definition) is 1. The second-order valence-electron chi connectivity index (χ2n) is 8.86. The molecule has 6 nitrogen and oxygen atoms in total. The summed E-state index contributed by atoms with van der Waals surface area (Å²) in [6.45, 7) is 0.836. The third-order valence-electron chi connectivity index (χ3n) is 5.91. The van der Waals surface area contributed by atoms with E-state index in [4.69, 9.17) is 4.74 Å². The van der Waals surface area contributed by atoms with E-state index in [0.29, 0.717) is 17.8 Å². The molecule has 224 valence electrons.